The summed E-state index contributed by atoms with van der Waals surface area (Å²) in [6.07, 6.45) is -0.0468. The molecule has 1 aromatic heterocycles. The number of carbonyl (C=O) groups is 3. The fourth-order valence-corrected chi connectivity index (χ4v) is 3.98. The molecule has 2 aromatic carbocycles. The van der Waals surface area contributed by atoms with E-state index in [-0.39, 0.29) is 25.2 Å². The van der Waals surface area contributed by atoms with Crippen molar-refractivity contribution < 1.29 is 24.6 Å². The largest absolute Gasteiger partial charge is 0.480 e. The van der Waals surface area contributed by atoms with Crippen LogP contribution in [0, 0.1) is 5.41 Å². The van der Waals surface area contributed by atoms with Crippen LogP contribution in [0.2, 0.25) is 0 Å². The summed E-state index contributed by atoms with van der Waals surface area (Å²) in [4.78, 5) is 36.8. The maximum atomic E-state index is 13.2. The van der Waals surface area contributed by atoms with Crippen LogP contribution in [0.4, 0.5) is 5.69 Å². The number of nitrogens with two attached hydrogens (primary N) is 1. The zero-order chi connectivity index (χ0) is 20.1. The van der Waals surface area contributed by atoms with Gasteiger partial charge in [-0.3, -0.25) is 19.0 Å². The van der Waals surface area contributed by atoms with Gasteiger partial charge >= 0.3 is 11.9 Å². The van der Waals surface area contributed by atoms with E-state index in [4.69, 9.17) is 5.73 Å². The van der Waals surface area contributed by atoms with Crippen LogP contribution in [0.1, 0.15) is 28.0 Å². The first-order valence-electron chi connectivity index (χ1n) is 8.83. The molecule has 0 fully saturated rings. The topological polar surface area (TPSA) is 123 Å². The van der Waals surface area contributed by atoms with Crippen LogP contribution in [0.25, 0.3) is 10.9 Å². The number of carboxylic acid groups (broad SMARTS) is 2. The number of rotatable bonds is 3. The minimum Gasteiger partial charge on any atom is -0.480 e. The Hall–Kier alpha value is -3.61. The predicted octanol–water partition coefficient (Wildman–Crippen LogP) is 2.56. The Balaban J connectivity index is 1.92. The van der Waals surface area contributed by atoms with Gasteiger partial charge in [0.05, 0.1) is 5.52 Å². The first-order chi connectivity index (χ1) is 13.3. The first kappa shape index (κ1) is 17.8. The fraction of sp³-hybridized carbons (Fsp3) is 0.190. The third-order valence-corrected chi connectivity index (χ3v) is 5.53. The van der Waals surface area contributed by atoms with Crippen LogP contribution in [-0.4, -0.2) is 32.6 Å². The molecule has 0 radical (unpaired) electrons. The summed E-state index contributed by atoms with van der Waals surface area (Å²) in [5.74, 6) is -2.96. The standard InChI is InChI=1S/C21H18N2O5/c22-13-7-5-12(6-8-13)18(24)23-16-4-2-1-3-14(16)15-11-21(19(25)26,20(27)28)10-9-17(15)23/h1-8H,9-11,22H2,(H,25,26)(H,27,28). The van der Waals surface area contributed by atoms with Crippen molar-refractivity contribution in [2.75, 3.05) is 5.73 Å². The van der Waals surface area contributed by atoms with Crippen molar-refractivity contribution in [1.29, 1.82) is 0 Å². The van der Waals surface area contributed by atoms with Crippen molar-refractivity contribution in [3.05, 3.63) is 65.4 Å². The molecule has 0 saturated heterocycles. The number of aromatic nitrogens is 1. The predicted molar refractivity (Wildman–Crippen MR) is 102 cm³/mol. The third-order valence-electron chi connectivity index (χ3n) is 5.53. The number of para-hydroxylation sites is 1. The SMILES string of the molecule is Nc1ccc(C(=O)n2c3c(c4ccccc42)CC(C(=O)O)(C(=O)O)CC3)cc1. The maximum Gasteiger partial charge on any atom is 0.321 e. The minimum atomic E-state index is -1.88. The Morgan fingerprint density at radius 2 is 1.61 bits per heavy atom. The Bertz CT molecular complexity index is 1110. The molecule has 0 atom stereocenters. The molecule has 0 amide bonds. The van der Waals surface area contributed by atoms with Crippen LogP contribution < -0.4 is 5.73 Å². The van der Waals surface area contributed by atoms with Gasteiger partial charge in [-0.2, -0.15) is 0 Å². The van der Waals surface area contributed by atoms with Gasteiger partial charge in [0.25, 0.3) is 5.91 Å². The van der Waals surface area contributed by atoms with Gasteiger partial charge in [0.15, 0.2) is 5.41 Å². The van der Waals surface area contributed by atoms with Crippen molar-refractivity contribution in [1.82, 2.24) is 4.57 Å². The summed E-state index contributed by atoms with van der Waals surface area (Å²) in [5.41, 5.74) is 6.73. The van der Waals surface area contributed by atoms with Crippen LogP contribution in [0.15, 0.2) is 48.5 Å². The van der Waals surface area contributed by atoms with Crippen molar-refractivity contribution in [3.8, 4) is 0 Å². The number of nitrogen functional groups attached to an aromatic ring is 1. The number of benzene rings is 2. The van der Waals surface area contributed by atoms with Crippen molar-refractivity contribution >= 4 is 34.4 Å². The fourth-order valence-electron chi connectivity index (χ4n) is 3.98. The zero-order valence-corrected chi connectivity index (χ0v) is 14.9. The molecule has 0 aliphatic heterocycles. The van der Waals surface area contributed by atoms with Gasteiger partial charge in [0.1, 0.15) is 0 Å². The zero-order valence-electron chi connectivity index (χ0n) is 14.9. The summed E-state index contributed by atoms with van der Waals surface area (Å²) in [7, 11) is 0. The summed E-state index contributed by atoms with van der Waals surface area (Å²) in [6, 6.07) is 13.7. The van der Waals surface area contributed by atoms with Gasteiger partial charge in [-0.1, -0.05) is 18.2 Å². The van der Waals surface area contributed by atoms with Crippen LogP contribution >= 0.6 is 0 Å². The van der Waals surface area contributed by atoms with E-state index in [2.05, 4.69) is 0 Å². The average Bonchev–Trinajstić information content (AvgIpc) is 3.01. The number of carboxylic acids is 2. The molecule has 1 heterocycles. The maximum absolute atomic E-state index is 13.2. The molecular formula is C21H18N2O5. The Morgan fingerprint density at radius 3 is 2.25 bits per heavy atom. The monoisotopic (exact) mass is 378 g/mol. The Labute approximate surface area is 160 Å². The highest BCUT2D eigenvalue weighted by molar-refractivity contribution is 6.05. The van der Waals surface area contributed by atoms with E-state index in [1.165, 1.54) is 0 Å². The van der Waals surface area contributed by atoms with E-state index in [1.54, 1.807) is 53.1 Å². The molecular weight excluding hydrogens is 360 g/mol. The van der Waals surface area contributed by atoms with Gasteiger partial charge in [-0.15, -0.1) is 0 Å². The smallest absolute Gasteiger partial charge is 0.321 e. The van der Waals surface area contributed by atoms with Crippen LogP contribution in [-0.2, 0) is 22.4 Å². The van der Waals surface area contributed by atoms with Crippen molar-refractivity contribution in [2.45, 2.75) is 19.3 Å². The molecule has 28 heavy (non-hydrogen) atoms. The lowest BCUT2D eigenvalue weighted by Crippen LogP contribution is -2.44. The van der Waals surface area contributed by atoms with Crippen LogP contribution in [0.3, 0.4) is 0 Å². The lowest BCUT2D eigenvalue weighted by atomic mass is 9.72. The highest BCUT2D eigenvalue weighted by Crippen LogP contribution is 2.41. The molecule has 3 aromatic rings. The van der Waals surface area contributed by atoms with E-state index < -0.39 is 17.4 Å². The number of hydrogen-bond donors (Lipinski definition) is 3. The Kier molecular flexibility index (Phi) is 3.96. The minimum absolute atomic E-state index is 0.0734. The molecule has 4 N–H and O–H groups in total. The summed E-state index contributed by atoms with van der Waals surface area (Å²) in [5, 5.41) is 19.9. The number of aliphatic carboxylic acids is 2. The van der Waals surface area contributed by atoms with Gasteiger partial charge in [-0.25, -0.2) is 0 Å². The summed E-state index contributed by atoms with van der Waals surface area (Å²) in [6.45, 7) is 0. The van der Waals surface area contributed by atoms with E-state index in [9.17, 15) is 24.6 Å². The molecule has 1 aliphatic rings. The van der Waals surface area contributed by atoms with Gasteiger partial charge < -0.3 is 15.9 Å². The van der Waals surface area contributed by atoms with Crippen molar-refractivity contribution in [2.24, 2.45) is 5.41 Å². The highest BCUT2D eigenvalue weighted by Gasteiger charge is 2.50. The third kappa shape index (κ3) is 2.47. The number of anilines is 1. The first-order valence-corrected chi connectivity index (χ1v) is 8.83. The molecule has 0 spiro atoms. The second-order valence-corrected chi connectivity index (χ2v) is 7.07. The number of carbonyl (C=O) groups excluding carboxylic acids is 1. The van der Waals surface area contributed by atoms with Gasteiger partial charge in [0.2, 0.25) is 0 Å². The van der Waals surface area contributed by atoms with E-state index in [1.807, 2.05) is 0 Å². The van der Waals surface area contributed by atoms with E-state index in [0.29, 0.717) is 33.4 Å². The number of nitrogens with zero attached hydrogens (tertiary/aromatic N) is 1. The molecule has 0 bridgehead atoms. The Morgan fingerprint density at radius 1 is 0.964 bits per heavy atom. The lowest BCUT2D eigenvalue weighted by molar-refractivity contribution is -0.165. The molecule has 1 aliphatic carbocycles. The summed E-state index contributed by atoms with van der Waals surface area (Å²) >= 11 is 0. The summed E-state index contributed by atoms with van der Waals surface area (Å²) < 4.78 is 1.57. The molecule has 4 rings (SSSR count). The molecule has 142 valence electrons. The van der Waals surface area contributed by atoms with Gasteiger partial charge in [-0.05, 0) is 48.7 Å². The lowest BCUT2D eigenvalue weighted by Gasteiger charge is -2.29. The molecule has 7 heteroatoms. The quantitative estimate of drug-likeness (QED) is 0.475. The van der Waals surface area contributed by atoms with E-state index >= 15 is 0 Å². The van der Waals surface area contributed by atoms with Crippen molar-refractivity contribution in [3.63, 3.8) is 0 Å². The average molecular weight is 378 g/mol. The molecule has 7 nitrogen and oxygen atoms in total. The number of fused-ring (bicyclic) bond motifs is 3. The van der Waals surface area contributed by atoms with Gasteiger partial charge in [0, 0.05) is 28.8 Å². The van der Waals surface area contributed by atoms with E-state index in [0.717, 1.165) is 0 Å². The molecule has 0 unspecified atom stereocenters. The highest BCUT2D eigenvalue weighted by atomic mass is 16.4. The molecule has 0 saturated carbocycles. The second kappa shape index (κ2) is 6.23. The number of hydrogen-bond acceptors (Lipinski definition) is 4. The second-order valence-electron chi connectivity index (χ2n) is 7.07. The van der Waals surface area contributed by atoms with Crippen LogP contribution in [0.5, 0.6) is 0 Å². The normalized spacial score (nSPS) is 15.1.